The van der Waals surface area contributed by atoms with Crippen molar-refractivity contribution in [1.29, 1.82) is 0 Å². The van der Waals surface area contributed by atoms with Gasteiger partial charge in [-0.25, -0.2) is 0 Å². The summed E-state index contributed by atoms with van der Waals surface area (Å²) in [5.41, 5.74) is 0.0135. The third kappa shape index (κ3) is 4.44. The van der Waals surface area contributed by atoms with E-state index in [4.69, 9.17) is 11.6 Å². The van der Waals surface area contributed by atoms with Gasteiger partial charge in [-0.3, -0.25) is 9.59 Å². The van der Waals surface area contributed by atoms with Gasteiger partial charge in [-0.1, -0.05) is 24.4 Å². The van der Waals surface area contributed by atoms with Gasteiger partial charge in [0.05, 0.1) is 23.4 Å². The van der Waals surface area contributed by atoms with E-state index in [2.05, 4.69) is 10.6 Å². The Morgan fingerprint density at radius 3 is 2.52 bits per heavy atom. The molecule has 5 nitrogen and oxygen atoms in total. The van der Waals surface area contributed by atoms with Crippen LogP contribution < -0.4 is 10.6 Å². The first-order chi connectivity index (χ1) is 9.88. The maximum absolute atomic E-state index is 12.1. The molecular formula is C15H19ClN2O3. The zero-order valence-electron chi connectivity index (χ0n) is 11.9. The molecule has 0 aromatic heterocycles. The average Bonchev–Trinajstić information content (AvgIpc) is 2.78. The minimum atomic E-state index is -0.906. The molecule has 0 radical (unpaired) electrons. The van der Waals surface area contributed by atoms with Crippen molar-refractivity contribution in [2.24, 2.45) is 0 Å². The van der Waals surface area contributed by atoms with E-state index in [1.165, 1.54) is 6.92 Å². The molecule has 0 aliphatic heterocycles. The second kappa shape index (κ2) is 6.45. The molecule has 1 aromatic carbocycles. The zero-order valence-corrected chi connectivity index (χ0v) is 12.7. The summed E-state index contributed by atoms with van der Waals surface area (Å²) in [5, 5.41) is 16.1. The quantitative estimate of drug-likeness (QED) is 0.800. The third-order valence-corrected chi connectivity index (χ3v) is 3.83. The summed E-state index contributed by atoms with van der Waals surface area (Å²) >= 11 is 5.92. The van der Waals surface area contributed by atoms with Crippen molar-refractivity contribution < 1.29 is 14.7 Å². The van der Waals surface area contributed by atoms with E-state index >= 15 is 0 Å². The van der Waals surface area contributed by atoms with Gasteiger partial charge >= 0.3 is 0 Å². The molecule has 0 heterocycles. The van der Waals surface area contributed by atoms with Crippen LogP contribution in [0, 0.1) is 0 Å². The second-order valence-corrected chi connectivity index (χ2v) is 5.96. The topological polar surface area (TPSA) is 78.4 Å². The molecule has 6 heteroatoms. The molecule has 0 saturated heterocycles. The number of carbonyl (C=O) groups is 2. The van der Waals surface area contributed by atoms with Crippen LogP contribution in [-0.4, -0.2) is 22.5 Å². The van der Waals surface area contributed by atoms with Gasteiger partial charge in [0.15, 0.2) is 0 Å². The highest BCUT2D eigenvalue weighted by molar-refractivity contribution is 6.31. The number of benzene rings is 1. The van der Waals surface area contributed by atoms with Crippen molar-refractivity contribution in [3.05, 3.63) is 23.2 Å². The first-order valence-electron chi connectivity index (χ1n) is 6.97. The smallest absolute Gasteiger partial charge is 0.227 e. The molecule has 0 spiro atoms. The number of aliphatic hydroxyl groups is 1. The van der Waals surface area contributed by atoms with Crippen molar-refractivity contribution in [3.8, 4) is 0 Å². The fraction of sp³-hybridized carbons (Fsp3) is 0.467. The molecule has 0 atom stereocenters. The standard InChI is InChI=1S/C15H19ClN2O3/c1-10(19)17-12-5-4-11(16)8-13(12)18-14(20)9-15(21)6-2-3-7-15/h4-5,8,21H,2-3,6-7,9H2,1H3,(H,17,19)(H,18,20). The molecule has 1 fully saturated rings. The number of halogens is 1. The van der Waals surface area contributed by atoms with Crippen LogP contribution in [0.4, 0.5) is 11.4 Å². The van der Waals surface area contributed by atoms with E-state index in [-0.39, 0.29) is 18.2 Å². The predicted molar refractivity (Wildman–Crippen MR) is 82.4 cm³/mol. The highest BCUT2D eigenvalue weighted by Crippen LogP contribution is 2.33. The molecule has 1 aliphatic rings. The molecule has 0 bridgehead atoms. The summed E-state index contributed by atoms with van der Waals surface area (Å²) in [6, 6.07) is 4.83. The van der Waals surface area contributed by atoms with E-state index in [1.807, 2.05) is 0 Å². The molecule has 1 saturated carbocycles. The first kappa shape index (κ1) is 15.8. The molecule has 114 valence electrons. The maximum atomic E-state index is 12.1. The van der Waals surface area contributed by atoms with Gasteiger partial charge in [-0.15, -0.1) is 0 Å². The summed E-state index contributed by atoms with van der Waals surface area (Å²) in [4.78, 5) is 23.3. The highest BCUT2D eigenvalue weighted by atomic mass is 35.5. The third-order valence-electron chi connectivity index (χ3n) is 3.59. The number of carbonyl (C=O) groups excluding carboxylic acids is 2. The molecule has 0 unspecified atom stereocenters. The van der Waals surface area contributed by atoms with E-state index in [1.54, 1.807) is 18.2 Å². The zero-order chi connectivity index (χ0) is 15.5. The number of nitrogens with one attached hydrogen (secondary N) is 2. The fourth-order valence-corrected chi connectivity index (χ4v) is 2.79. The fourth-order valence-electron chi connectivity index (χ4n) is 2.62. The lowest BCUT2D eigenvalue weighted by Crippen LogP contribution is -2.31. The van der Waals surface area contributed by atoms with Gasteiger partial charge in [0.25, 0.3) is 0 Å². The van der Waals surface area contributed by atoms with Crippen LogP contribution in [-0.2, 0) is 9.59 Å². The predicted octanol–water partition coefficient (Wildman–Crippen LogP) is 2.93. The maximum Gasteiger partial charge on any atom is 0.227 e. The normalized spacial score (nSPS) is 16.5. The van der Waals surface area contributed by atoms with E-state index in [0.29, 0.717) is 29.2 Å². The lowest BCUT2D eigenvalue weighted by Gasteiger charge is -2.21. The van der Waals surface area contributed by atoms with Crippen LogP contribution in [0.25, 0.3) is 0 Å². The lowest BCUT2D eigenvalue weighted by molar-refractivity contribution is -0.121. The Labute approximate surface area is 128 Å². The summed E-state index contributed by atoms with van der Waals surface area (Å²) in [5.74, 6) is -0.518. The second-order valence-electron chi connectivity index (χ2n) is 5.53. The molecule has 1 aromatic rings. The Bertz CT molecular complexity index is 554. The van der Waals surface area contributed by atoms with Crippen molar-refractivity contribution in [2.45, 2.75) is 44.6 Å². The van der Waals surface area contributed by atoms with Crippen LogP contribution in [0.1, 0.15) is 39.0 Å². The summed E-state index contributed by atoms with van der Waals surface area (Å²) < 4.78 is 0. The minimum Gasteiger partial charge on any atom is -0.389 e. The Balaban J connectivity index is 2.08. The van der Waals surface area contributed by atoms with Gasteiger partial charge < -0.3 is 15.7 Å². The van der Waals surface area contributed by atoms with E-state index in [9.17, 15) is 14.7 Å². The van der Waals surface area contributed by atoms with Crippen LogP contribution in [0.5, 0.6) is 0 Å². The molecule has 2 amide bonds. The van der Waals surface area contributed by atoms with Crippen LogP contribution in [0.2, 0.25) is 5.02 Å². The van der Waals surface area contributed by atoms with Crippen LogP contribution in [0.15, 0.2) is 18.2 Å². The van der Waals surface area contributed by atoms with Crippen molar-refractivity contribution in [1.82, 2.24) is 0 Å². The van der Waals surface area contributed by atoms with E-state index < -0.39 is 5.60 Å². The summed E-state index contributed by atoms with van der Waals surface area (Å²) in [6.07, 6.45) is 3.23. The number of amides is 2. The summed E-state index contributed by atoms with van der Waals surface area (Å²) in [7, 11) is 0. The lowest BCUT2D eigenvalue weighted by atomic mass is 9.97. The molecular weight excluding hydrogens is 292 g/mol. The Morgan fingerprint density at radius 1 is 1.24 bits per heavy atom. The van der Waals surface area contributed by atoms with Gasteiger partial charge in [0, 0.05) is 11.9 Å². The Kier molecular flexibility index (Phi) is 4.85. The Hall–Kier alpha value is -1.59. The number of rotatable bonds is 4. The van der Waals surface area contributed by atoms with Crippen LogP contribution in [0.3, 0.4) is 0 Å². The number of hydrogen-bond donors (Lipinski definition) is 3. The molecule has 1 aliphatic carbocycles. The minimum absolute atomic E-state index is 0.0546. The molecule has 21 heavy (non-hydrogen) atoms. The van der Waals surface area contributed by atoms with Gasteiger partial charge in [-0.05, 0) is 31.0 Å². The summed E-state index contributed by atoms with van der Waals surface area (Å²) in [6.45, 7) is 1.39. The van der Waals surface area contributed by atoms with E-state index in [0.717, 1.165) is 12.8 Å². The van der Waals surface area contributed by atoms with Crippen molar-refractivity contribution in [3.63, 3.8) is 0 Å². The Morgan fingerprint density at radius 2 is 1.90 bits per heavy atom. The van der Waals surface area contributed by atoms with Crippen molar-refractivity contribution in [2.75, 3.05) is 10.6 Å². The van der Waals surface area contributed by atoms with Crippen LogP contribution >= 0.6 is 11.6 Å². The first-order valence-corrected chi connectivity index (χ1v) is 7.35. The largest absolute Gasteiger partial charge is 0.389 e. The molecule has 2 rings (SSSR count). The average molecular weight is 311 g/mol. The van der Waals surface area contributed by atoms with Gasteiger partial charge in [0.2, 0.25) is 11.8 Å². The van der Waals surface area contributed by atoms with Crippen molar-refractivity contribution >= 4 is 34.8 Å². The van der Waals surface area contributed by atoms with Gasteiger partial charge in [-0.2, -0.15) is 0 Å². The number of anilines is 2. The SMILES string of the molecule is CC(=O)Nc1ccc(Cl)cc1NC(=O)CC1(O)CCCC1. The number of hydrogen-bond acceptors (Lipinski definition) is 3. The van der Waals surface area contributed by atoms with Gasteiger partial charge in [0.1, 0.15) is 0 Å². The highest BCUT2D eigenvalue weighted by Gasteiger charge is 2.33. The molecule has 3 N–H and O–H groups in total. The monoisotopic (exact) mass is 310 g/mol.